The minimum Gasteiger partial charge on any atom is -0.373 e. The lowest BCUT2D eigenvalue weighted by Crippen LogP contribution is -2.39. The molecule has 2 aromatic rings. The molecular weight excluding hydrogens is 393 g/mol. The molecule has 1 aliphatic rings. The van der Waals surface area contributed by atoms with Gasteiger partial charge in [0.2, 0.25) is 0 Å². The summed E-state index contributed by atoms with van der Waals surface area (Å²) in [4.78, 5) is 1.33. The Bertz CT molecular complexity index is 838. The quantitative estimate of drug-likeness (QED) is 0.588. The van der Waals surface area contributed by atoms with Gasteiger partial charge in [-0.25, -0.2) is 0 Å². The molecule has 2 aromatic carbocycles. The highest BCUT2D eigenvalue weighted by Gasteiger charge is 2.40. The molecule has 2 nitrogen and oxygen atoms in total. The average Bonchev–Trinajstić information content (AvgIpc) is 2.67. The smallest absolute Gasteiger partial charge is 0.373 e. The van der Waals surface area contributed by atoms with Gasteiger partial charge in [-0.1, -0.05) is 18.2 Å². The normalized spacial score (nSPS) is 24.6. The predicted molar refractivity (Wildman–Crippen MR) is 102 cm³/mol. The van der Waals surface area contributed by atoms with E-state index in [0.29, 0.717) is 19.4 Å². The highest BCUT2D eigenvalue weighted by atomic mass is 32.2. The number of benzene rings is 2. The SMILES string of the molecule is CSc1cccc(C2CC(C)(S(=O)c3cccc(C(F)(F)F)c3)CCO2)c1. The Balaban J connectivity index is 1.86. The Labute approximate surface area is 164 Å². The van der Waals surface area contributed by atoms with Crippen molar-refractivity contribution in [1.29, 1.82) is 0 Å². The van der Waals surface area contributed by atoms with Crippen molar-refractivity contribution in [1.82, 2.24) is 0 Å². The van der Waals surface area contributed by atoms with Crippen LogP contribution < -0.4 is 0 Å². The van der Waals surface area contributed by atoms with Gasteiger partial charge in [-0.3, -0.25) is 4.21 Å². The summed E-state index contributed by atoms with van der Waals surface area (Å²) in [5.74, 6) is 0. The third-order valence-corrected chi connectivity index (χ3v) is 7.53. The number of halogens is 3. The molecule has 3 rings (SSSR count). The lowest BCUT2D eigenvalue weighted by Gasteiger charge is -2.37. The Morgan fingerprint density at radius 1 is 1.19 bits per heavy atom. The molecule has 0 spiro atoms. The second-order valence-electron chi connectivity index (χ2n) is 6.83. The van der Waals surface area contributed by atoms with E-state index in [2.05, 4.69) is 0 Å². The predicted octanol–water partition coefficient (Wildman–Crippen LogP) is 5.85. The maximum absolute atomic E-state index is 13.2. The third-order valence-electron chi connectivity index (χ3n) is 4.86. The molecule has 0 aliphatic carbocycles. The third kappa shape index (κ3) is 4.58. The Kier molecular flexibility index (Phi) is 6.03. The van der Waals surface area contributed by atoms with Crippen LogP contribution in [0.5, 0.6) is 0 Å². The van der Waals surface area contributed by atoms with Crippen molar-refractivity contribution >= 4 is 22.6 Å². The first-order chi connectivity index (χ1) is 12.7. The highest BCUT2D eigenvalue weighted by molar-refractivity contribution is 7.98. The fourth-order valence-corrected chi connectivity index (χ4v) is 5.31. The molecule has 0 radical (unpaired) electrons. The minimum atomic E-state index is -4.45. The molecule has 146 valence electrons. The van der Waals surface area contributed by atoms with Crippen molar-refractivity contribution < 1.29 is 22.1 Å². The van der Waals surface area contributed by atoms with E-state index >= 15 is 0 Å². The molecule has 1 aliphatic heterocycles. The first kappa shape index (κ1) is 20.4. The average molecular weight is 415 g/mol. The Morgan fingerprint density at radius 3 is 2.63 bits per heavy atom. The molecule has 7 heteroatoms. The van der Waals surface area contributed by atoms with E-state index in [4.69, 9.17) is 4.74 Å². The molecule has 1 saturated heterocycles. The van der Waals surface area contributed by atoms with Gasteiger partial charge in [-0.05, 0) is 61.9 Å². The van der Waals surface area contributed by atoms with E-state index in [1.165, 1.54) is 12.1 Å². The number of hydrogen-bond donors (Lipinski definition) is 0. The second-order valence-corrected chi connectivity index (χ2v) is 9.71. The minimum absolute atomic E-state index is 0.214. The van der Waals surface area contributed by atoms with Gasteiger partial charge < -0.3 is 4.74 Å². The number of hydrogen-bond acceptors (Lipinski definition) is 3. The summed E-state index contributed by atoms with van der Waals surface area (Å²) < 4.78 is 57.4. The zero-order valence-corrected chi connectivity index (χ0v) is 16.7. The molecule has 1 heterocycles. The summed E-state index contributed by atoms with van der Waals surface area (Å²) >= 11 is 1.63. The van der Waals surface area contributed by atoms with Crippen LogP contribution in [0.3, 0.4) is 0 Å². The van der Waals surface area contributed by atoms with Crippen molar-refractivity contribution in [2.45, 2.75) is 46.6 Å². The summed E-state index contributed by atoms with van der Waals surface area (Å²) in [5, 5.41) is 0. The summed E-state index contributed by atoms with van der Waals surface area (Å²) in [6, 6.07) is 12.8. The van der Waals surface area contributed by atoms with E-state index in [-0.39, 0.29) is 11.0 Å². The lowest BCUT2D eigenvalue weighted by molar-refractivity contribution is -0.137. The molecule has 0 aromatic heterocycles. The molecule has 27 heavy (non-hydrogen) atoms. The van der Waals surface area contributed by atoms with E-state index < -0.39 is 27.3 Å². The van der Waals surface area contributed by atoms with Gasteiger partial charge in [-0.15, -0.1) is 11.8 Å². The van der Waals surface area contributed by atoms with E-state index in [1.54, 1.807) is 11.8 Å². The fourth-order valence-electron chi connectivity index (χ4n) is 3.27. The van der Waals surface area contributed by atoms with Crippen molar-refractivity contribution in [3.05, 3.63) is 59.7 Å². The molecule has 0 amide bonds. The lowest BCUT2D eigenvalue weighted by atomic mass is 9.92. The first-order valence-corrected chi connectivity index (χ1v) is 10.9. The molecular formula is C20H21F3O2S2. The van der Waals surface area contributed by atoms with Crippen LogP contribution in [0.25, 0.3) is 0 Å². The summed E-state index contributed by atoms with van der Waals surface area (Å²) in [7, 11) is -1.57. The van der Waals surface area contributed by atoms with Crippen LogP contribution in [0.15, 0.2) is 58.3 Å². The van der Waals surface area contributed by atoms with Gasteiger partial charge in [0.1, 0.15) is 0 Å². The summed E-state index contributed by atoms with van der Waals surface area (Å²) in [6.45, 7) is 2.30. The van der Waals surface area contributed by atoms with Crippen LogP contribution >= 0.6 is 11.8 Å². The van der Waals surface area contributed by atoms with Gasteiger partial charge >= 0.3 is 6.18 Å². The largest absolute Gasteiger partial charge is 0.416 e. The van der Waals surface area contributed by atoms with Crippen molar-refractivity contribution in [2.75, 3.05) is 12.9 Å². The van der Waals surface area contributed by atoms with Crippen molar-refractivity contribution in [3.63, 3.8) is 0 Å². The van der Waals surface area contributed by atoms with Gasteiger partial charge in [-0.2, -0.15) is 13.2 Å². The van der Waals surface area contributed by atoms with Crippen LogP contribution in [0, 0.1) is 0 Å². The van der Waals surface area contributed by atoms with Gasteiger partial charge in [0.25, 0.3) is 0 Å². The monoisotopic (exact) mass is 414 g/mol. The molecule has 3 atom stereocenters. The van der Waals surface area contributed by atoms with Gasteiger partial charge in [0, 0.05) is 16.4 Å². The zero-order valence-electron chi connectivity index (χ0n) is 15.1. The molecule has 0 N–H and O–H groups in total. The number of rotatable bonds is 4. The number of ether oxygens (including phenoxy) is 1. The Hall–Kier alpha value is -1.31. The molecule has 0 bridgehead atoms. The van der Waals surface area contributed by atoms with Crippen molar-refractivity contribution in [2.24, 2.45) is 0 Å². The van der Waals surface area contributed by atoms with E-state index in [1.807, 2.05) is 37.4 Å². The van der Waals surface area contributed by atoms with Crippen LogP contribution in [0.2, 0.25) is 0 Å². The second kappa shape index (κ2) is 7.97. The Morgan fingerprint density at radius 2 is 1.93 bits per heavy atom. The molecule has 3 unspecified atom stereocenters. The summed E-state index contributed by atoms with van der Waals surface area (Å²) in [6.07, 6.45) is -1.64. The maximum atomic E-state index is 13.2. The zero-order chi connectivity index (χ0) is 19.7. The van der Waals surface area contributed by atoms with Crippen molar-refractivity contribution in [3.8, 4) is 0 Å². The summed E-state index contributed by atoms with van der Waals surface area (Å²) in [5.41, 5.74) is 0.238. The van der Waals surface area contributed by atoms with E-state index in [0.717, 1.165) is 22.6 Å². The van der Waals surface area contributed by atoms with E-state index in [9.17, 15) is 17.4 Å². The number of thioether (sulfide) groups is 1. The van der Waals surface area contributed by atoms with Crippen LogP contribution in [-0.4, -0.2) is 21.8 Å². The molecule has 1 fully saturated rings. The van der Waals surface area contributed by atoms with Crippen LogP contribution in [0.1, 0.15) is 37.0 Å². The standard InChI is InChI=1S/C20H21F3O2S2/c1-19(27(24)17-8-4-6-15(12-17)20(21,22)23)9-10-25-18(13-19)14-5-3-7-16(11-14)26-2/h3-8,11-12,18H,9-10,13H2,1-2H3. The molecule has 0 saturated carbocycles. The van der Waals surface area contributed by atoms with Gasteiger partial charge in [0.15, 0.2) is 0 Å². The fraction of sp³-hybridized carbons (Fsp3) is 0.400. The van der Waals surface area contributed by atoms with Crippen LogP contribution in [-0.2, 0) is 21.7 Å². The van der Waals surface area contributed by atoms with Gasteiger partial charge in [0.05, 0.1) is 27.2 Å². The maximum Gasteiger partial charge on any atom is 0.416 e. The topological polar surface area (TPSA) is 26.3 Å². The van der Waals surface area contributed by atoms with Crippen LogP contribution in [0.4, 0.5) is 13.2 Å². The highest BCUT2D eigenvalue weighted by Crippen LogP contribution is 2.41. The first-order valence-electron chi connectivity index (χ1n) is 8.58. The number of alkyl halides is 3.